The fourth-order valence-corrected chi connectivity index (χ4v) is 0. The maximum atomic E-state index is 9.00. The topological polar surface area (TPSA) is 107 Å². The Morgan fingerprint density at radius 3 is 1.00 bits per heavy atom. The Morgan fingerprint density at radius 1 is 1.00 bits per heavy atom. The zero-order valence-electron chi connectivity index (χ0n) is 5.18. The van der Waals surface area contributed by atoms with E-state index in [9.17, 15) is 0 Å². The van der Waals surface area contributed by atoms with Gasteiger partial charge in [0.1, 0.15) is 0 Å². The molecule has 0 radical (unpaired) electrons. The Labute approximate surface area is 163 Å². The molecule has 0 saturated carbocycles. The molecule has 60 valence electrons. The van der Waals surface area contributed by atoms with Gasteiger partial charge in [-0.3, -0.25) is 4.79 Å². The van der Waals surface area contributed by atoms with Crippen molar-refractivity contribution in [1.82, 2.24) is 12.3 Å². The third-order valence-electron chi connectivity index (χ3n) is 0. The van der Waals surface area contributed by atoms with Crippen LogP contribution in [-0.2, 0) is 4.79 Å². The number of carboxylic acids is 1. The van der Waals surface area contributed by atoms with Crippen molar-refractivity contribution in [3.63, 3.8) is 0 Å². The predicted molar refractivity (Wildman–Crippen MR) is 63.2 cm³/mol. The van der Waals surface area contributed by atoms with Crippen molar-refractivity contribution < 1.29 is 9.90 Å². The van der Waals surface area contributed by atoms with Gasteiger partial charge in [0.05, 0.1) is 0 Å². The first-order valence-electron chi connectivity index (χ1n) is 1.43. The number of hydrogen-bond donors (Lipinski definition) is 3. The minimum absolute atomic E-state index is 0. The molecule has 0 heterocycles. The SMILES string of the molecule is C=C.CC(=O)O.N.N.[NaH].[NaH].[NaH].[NaH]. The van der Waals surface area contributed by atoms with Crippen LogP contribution in [0, 0.1) is 0 Å². The van der Waals surface area contributed by atoms with Gasteiger partial charge in [0.2, 0.25) is 0 Å². The molecule has 0 aromatic carbocycles. The van der Waals surface area contributed by atoms with Crippen LogP contribution in [0.1, 0.15) is 6.92 Å². The summed E-state index contributed by atoms with van der Waals surface area (Å²) in [5, 5.41) is 7.42. The molecular formula is C4H18N2Na4O2. The van der Waals surface area contributed by atoms with Gasteiger partial charge in [-0.2, -0.15) is 0 Å². The van der Waals surface area contributed by atoms with Crippen LogP contribution in [0.4, 0.5) is 0 Å². The summed E-state index contributed by atoms with van der Waals surface area (Å²) >= 11 is 0. The number of rotatable bonds is 0. The Hall–Kier alpha value is 3.13. The molecule has 0 aromatic rings. The van der Waals surface area contributed by atoms with Crippen LogP contribution >= 0.6 is 0 Å². The van der Waals surface area contributed by atoms with E-state index in [0.29, 0.717) is 0 Å². The summed E-state index contributed by atoms with van der Waals surface area (Å²) in [6.07, 6.45) is 0. The molecule has 4 nitrogen and oxygen atoms in total. The number of carboxylic acid groups (broad SMARTS) is 1. The van der Waals surface area contributed by atoms with Crippen LogP contribution in [0.2, 0.25) is 0 Å². The Bertz CT molecular complexity index is 54.3. The molecule has 0 atom stereocenters. The van der Waals surface area contributed by atoms with Gasteiger partial charge in [0.15, 0.2) is 0 Å². The van der Waals surface area contributed by atoms with E-state index in [4.69, 9.17) is 9.90 Å². The summed E-state index contributed by atoms with van der Waals surface area (Å²) in [5.74, 6) is -0.833. The van der Waals surface area contributed by atoms with E-state index < -0.39 is 5.97 Å². The van der Waals surface area contributed by atoms with E-state index in [0.717, 1.165) is 6.92 Å². The molecule has 0 amide bonds. The summed E-state index contributed by atoms with van der Waals surface area (Å²) in [6.45, 7) is 7.08. The fraction of sp³-hybridized carbons (Fsp3) is 0.250. The van der Waals surface area contributed by atoms with E-state index in [1.807, 2.05) is 0 Å². The van der Waals surface area contributed by atoms with Crippen molar-refractivity contribution in [1.29, 1.82) is 0 Å². The molecule has 0 aliphatic rings. The Morgan fingerprint density at radius 2 is 1.00 bits per heavy atom. The van der Waals surface area contributed by atoms with Gasteiger partial charge >= 0.3 is 118 Å². The predicted octanol–water partition coefficient (Wildman–Crippen LogP) is -1.38. The van der Waals surface area contributed by atoms with Crippen LogP contribution in [0.3, 0.4) is 0 Å². The summed E-state index contributed by atoms with van der Waals surface area (Å²) in [4.78, 5) is 9.00. The first kappa shape index (κ1) is 59.4. The quantitative estimate of drug-likeness (QED) is 0.344. The van der Waals surface area contributed by atoms with E-state index in [-0.39, 0.29) is 131 Å². The summed E-state index contributed by atoms with van der Waals surface area (Å²) < 4.78 is 0. The van der Waals surface area contributed by atoms with Gasteiger partial charge in [-0.25, -0.2) is 0 Å². The molecule has 8 heteroatoms. The molecule has 0 aliphatic carbocycles. The normalized spacial score (nSPS) is 2.42. The van der Waals surface area contributed by atoms with Crippen LogP contribution in [0.25, 0.3) is 0 Å². The van der Waals surface area contributed by atoms with Crippen LogP contribution < -0.4 is 12.3 Å². The molecular weight excluding hydrogens is 200 g/mol. The van der Waals surface area contributed by atoms with E-state index in [2.05, 4.69) is 13.2 Å². The molecule has 0 fully saturated rings. The number of hydrogen-bond acceptors (Lipinski definition) is 3. The van der Waals surface area contributed by atoms with Crippen LogP contribution in [0.5, 0.6) is 0 Å². The second kappa shape index (κ2) is 64.8. The third kappa shape index (κ3) is 197. The average molecular weight is 218 g/mol. The van der Waals surface area contributed by atoms with Crippen molar-refractivity contribution in [3.05, 3.63) is 13.2 Å². The minimum atomic E-state index is -0.833. The van der Waals surface area contributed by atoms with E-state index in [1.165, 1.54) is 0 Å². The molecule has 12 heavy (non-hydrogen) atoms. The molecule has 0 aliphatic heterocycles. The number of carbonyl (C=O) groups is 1. The van der Waals surface area contributed by atoms with Gasteiger partial charge in [-0.05, 0) is 0 Å². The van der Waals surface area contributed by atoms with Gasteiger partial charge in [-0.15, -0.1) is 13.2 Å². The van der Waals surface area contributed by atoms with E-state index >= 15 is 0 Å². The standard InChI is InChI=1S/C2H4O2.C2H4.2H3N.4Na.4H/c1-2(3)4;1-2;;;;;;;;;;/h1H3,(H,3,4);1-2H2;2*1H3;;;;;;;;. The molecule has 7 N–H and O–H groups in total. The van der Waals surface area contributed by atoms with E-state index in [1.54, 1.807) is 0 Å². The van der Waals surface area contributed by atoms with Gasteiger partial charge in [-0.1, -0.05) is 0 Å². The summed E-state index contributed by atoms with van der Waals surface area (Å²) in [6, 6.07) is 0. The monoisotopic (exact) mass is 218 g/mol. The third-order valence-corrected chi connectivity index (χ3v) is 0. The molecule has 0 saturated heterocycles. The van der Waals surface area contributed by atoms with Gasteiger partial charge in [0.25, 0.3) is 5.97 Å². The van der Waals surface area contributed by atoms with Crippen LogP contribution in [0.15, 0.2) is 13.2 Å². The summed E-state index contributed by atoms with van der Waals surface area (Å²) in [7, 11) is 0. The zero-order chi connectivity index (χ0) is 5.58. The van der Waals surface area contributed by atoms with Crippen LogP contribution in [-0.4, -0.2) is 129 Å². The van der Waals surface area contributed by atoms with Crippen molar-refractivity contribution in [3.8, 4) is 0 Å². The van der Waals surface area contributed by atoms with Gasteiger partial charge < -0.3 is 17.4 Å². The average Bonchev–Trinajstić information content (AvgIpc) is 1.41. The maximum absolute atomic E-state index is 9.00. The second-order valence-corrected chi connectivity index (χ2v) is 0.519. The van der Waals surface area contributed by atoms with Crippen molar-refractivity contribution in [2.45, 2.75) is 6.92 Å². The molecule has 0 unspecified atom stereocenters. The second-order valence-electron chi connectivity index (χ2n) is 0.519. The number of aliphatic carboxylic acids is 1. The first-order chi connectivity index (χ1) is 2.73. The Balaban J connectivity index is -0.00000000317. The van der Waals surface area contributed by atoms with Gasteiger partial charge in [0, 0.05) is 6.92 Å². The zero-order valence-corrected chi connectivity index (χ0v) is 5.18. The summed E-state index contributed by atoms with van der Waals surface area (Å²) in [5.41, 5.74) is 0. The Kier molecular flexibility index (Phi) is 321. The molecule has 0 spiro atoms. The van der Waals surface area contributed by atoms with Crippen molar-refractivity contribution >= 4 is 124 Å². The molecule has 0 aromatic heterocycles. The van der Waals surface area contributed by atoms with Crippen molar-refractivity contribution in [2.24, 2.45) is 0 Å². The molecule has 0 bridgehead atoms. The van der Waals surface area contributed by atoms with Crippen molar-refractivity contribution in [2.75, 3.05) is 0 Å². The first-order valence-corrected chi connectivity index (χ1v) is 1.43. The molecule has 0 rings (SSSR count). The fourth-order valence-electron chi connectivity index (χ4n) is 0.